The Morgan fingerprint density at radius 2 is 1.89 bits per heavy atom. The highest BCUT2D eigenvalue weighted by Crippen LogP contribution is 2.37. The van der Waals surface area contributed by atoms with E-state index in [9.17, 15) is 4.79 Å². The van der Waals surface area contributed by atoms with Gasteiger partial charge in [-0.3, -0.25) is 4.79 Å². The molecule has 3 rings (SSSR count). The van der Waals surface area contributed by atoms with E-state index in [-0.39, 0.29) is 5.78 Å². The van der Waals surface area contributed by atoms with Crippen LogP contribution in [0.5, 0.6) is 5.75 Å². The number of carbonyl (C=O) groups excluding carboxylic acids is 1. The Labute approximate surface area is 113 Å². The molecule has 0 saturated heterocycles. The van der Waals surface area contributed by atoms with Gasteiger partial charge < -0.3 is 4.74 Å². The lowest BCUT2D eigenvalue weighted by Crippen LogP contribution is -2.16. The molecule has 0 aliphatic heterocycles. The molecule has 0 radical (unpaired) electrons. The van der Waals surface area contributed by atoms with Crippen molar-refractivity contribution in [2.75, 3.05) is 7.11 Å². The molecule has 0 spiro atoms. The standard InChI is InChI=1S/C17H16O2/c1-19-13-7-8-15-14(12-5-3-2-4-6-12)9-10-17(18)16(15)11-13/h2-8,11,14H,9-10H2,1H3/t14-/m1/s1. The van der Waals surface area contributed by atoms with Crippen molar-refractivity contribution < 1.29 is 9.53 Å². The normalized spacial score (nSPS) is 17.9. The van der Waals surface area contributed by atoms with Crippen molar-refractivity contribution >= 4 is 5.78 Å². The van der Waals surface area contributed by atoms with Gasteiger partial charge in [-0.05, 0) is 29.7 Å². The van der Waals surface area contributed by atoms with E-state index < -0.39 is 0 Å². The predicted molar refractivity (Wildman–Crippen MR) is 74.8 cm³/mol. The van der Waals surface area contributed by atoms with Crippen LogP contribution in [0.25, 0.3) is 0 Å². The number of carbonyl (C=O) groups is 1. The van der Waals surface area contributed by atoms with E-state index >= 15 is 0 Å². The fourth-order valence-electron chi connectivity index (χ4n) is 2.80. The number of hydrogen-bond donors (Lipinski definition) is 0. The molecule has 0 aromatic heterocycles. The Balaban J connectivity index is 2.08. The zero-order chi connectivity index (χ0) is 13.2. The van der Waals surface area contributed by atoms with Crippen LogP contribution in [0.2, 0.25) is 0 Å². The smallest absolute Gasteiger partial charge is 0.163 e. The second-order valence-corrected chi connectivity index (χ2v) is 4.88. The molecule has 0 heterocycles. The molecule has 0 amide bonds. The third kappa shape index (κ3) is 2.14. The Bertz CT molecular complexity index is 602. The monoisotopic (exact) mass is 252 g/mol. The quantitative estimate of drug-likeness (QED) is 0.812. The predicted octanol–water partition coefficient (Wildman–Crippen LogP) is 3.80. The molecule has 19 heavy (non-hydrogen) atoms. The SMILES string of the molecule is COc1ccc2c(c1)C(=O)CC[C@@H]2c1ccccc1. The molecule has 2 heteroatoms. The first-order valence-electron chi connectivity index (χ1n) is 6.55. The Morgan fingerprint density at radius 3 is 2.63 bits per heavy atom. The van der Waals surface area contributed by atoms with Crippen molar-refractivity contribution in [3.05, 3.63) is 65.2 Å². The van der Waals surface area contributed by atoms with Crippen molar-refractivity contribution in [1.29, 1.82) is 0 Å². The summed E-state index contributed by atoms with van der Waals surface area (Å²) in [5.74, 6) is 1.29. The second-order valence-electron chi connectivity index (χ2n) is 4.88. The number of ketones is 1. The van der Waals surface area contributed by atoms with Gasteiger partial charge in [0.15, 0.2) is 5.78 Å². The molecule has 0 fully saturated rings. The minimum absolute atomic E-state index is 0.223. The molecule has 2 aromatic carbocycles. The van der Waals surface area contributed by atoms with Crippen LogP contribution < -0.4 is 4.74 Å². The van der Waals surface area contributed by atoms with Gasteiger partial charge in [0.05, 0.1) is 7.11 Å². The molecule has 1 atom stereocenters. The van der Waals surface area contributed by atoms with Crippen LogP contribution >= 0.6 is 0 Å². The van der Waals surface area contributed by atoms with Crippen LogP contribution in [-0.4, -0.2) is 12.9 Å². The van der Waals surface area contributed by atoms with Gasteiger partial charge in [0.25, 0.3) is 0 Å². The Morgan fingerprint density at radius 1 is 1.11 bits per heavy atom. The lowest BCUT2D eigenvalue weighted by atomic mass is 9.78. The van der Waals surface area contributed by atoms with Crippen molar-refractivity contribution in [3.8, 4) is 5.75 Å². The fourth-order valence-corrected chi connectivity index (χ4v) is 2.80. The summed E-state index contributed by atoms with van der Waals surface area (Å²) < 4.78 is 5.22. The third-order valence-electron chi connectivity index (χ3n) is 3.80. The highest BCUT2D eigenvalue weighted by Gasteiger charge is 2.26. The van der Waals surface area contributed by atoms with Gasteiger partial charge in [-0.1, -0.05) is 36.4 Å². The summed E-state index contributed by atoms with van der Waals surface area (Å²) in [6, 6.07) is 16.2. The first-order valence-corrected chi connectivity index (χ1v) is 6.55. The van der Waals surface area contributed by atoms with E-state index in [1.54, 1.807) is 7.11 Å². The number of methoxy groups -OCH3 is 1. The maximum atomic E-state index is 12.1. The first kappa shape index (κ1) is 12.0. The summed E-state index contributed by atoms with van der Waals surface area (Å²) in [5.41, 5.74) is 3.23. The van der Waals surface area contributed by atoms with Crippen molar-refractivity contribution in [1.82, 2.24) is 0 Å². The van der Waals surface area contributed by atoms with Gasteiger partial charge >= 0.3 is 0 Å². The molecule has 1 aliphatic carbocycles. The number of Topliss-reactive ketones (excluding diaryl/α,β-unsaturated/α-hetero) is 1. The number of rotatable bonds is 2. The van der Waals surface area contributed by atoms with Gasteiger partial charge in [0, 0.05) is 17.9 Å². The largest absolute Gasteiger partial charge is 0.497 e. The molecule has 2 nitrogen and oxygen atoms in total. The summed E-state index contributed by atoms with van der Waals surface area (Å²) in [5, 5.41) is 0. The van der Waals surface area contributed by atoms with Gasteiger partial charge in [-0.2, -0.15) is 0 Å². The van der Waals surface area contributed by atoms with Crippen molar-refractivity contribution in [3.63, 3.8) is 0 Å². The number of ether oxygens (including phenoxy) is 1. The molecule has 2 aromatic rings. The molecule has 96 valence electrons. The number of fused-ring (bicyclic) bond motifs is 1. The lowest BCUT2D eigenvalue weighted by Gasteiger charge is -2.25. The maximum Gasteiger partial charge on any atom is 0.163 e. The van der Waals surface area contributed by atoms with Crippen LogP contribution in [0.4, 0.5) is 0 Å². The lowest BCUT2D eigenvalue weighted by molar-refractivity contribution is 0.0969. The minimum atomic E-state index is 0.223. The van der Waals surface area contributed by atoms with Crippen LogP contribution in [0.15, 0.2) is 48.5 Å². The van der Waals surface area contributed by atoms with Crippen LogP contribution in [0.3, 0.4) is 0 Å². The van der Waals surface area contributed by atoms with Gasteiger partial charge in [0.1, 0.15) is 5.75 Å². The molecular formula is C17H16O2. The molecule has 0 N–H and O–H groups in total. The van der Waals surface area contributed by atoms with E-state index in [1.807, 2.05) is 24.3 Å². The van der Waals surface area contributed by atoms with E-state index in [2.05, 4.69) is 24.3 Å². The number of hydrogen-bond acceptors (Lipinski definition) is 2. The Kier molecular flexibility index (Phi) is 3.08. The average molecular weight is 252 g/mol. The molecule has 0 unspecified atom stereocenters. The molecular weight excluding hydrogens is 236 g/mol. The third-order valence-corrected chi connectivity index (χ3v) is 3.80. The Hall–Kier alpha value is -2.09. The first-order chi connectivity index (χ1) is 9.29. The van der Waals surface area contributed by atoms with E-state index in [0.717, 1.165) is 23.3 Å². The summed E-state index contributed by atoms with van der Waals surface area (Å²) >= 11 is 0. The zero-order valence-electron chi connectivity index (χ0n) is 10.9. The van der Waals surface area contributed by atoms with Crippen molar-refractivity contribution in [2.45, 2.75) is 18.8 Å². The van der Waals surface area contributed by atoms with E-state index in [1.165, 1.54) is 5.56 Å². The highest BCUT2D eigenvalue weighted by atomic mass is 16.5. The molecule has 0 saturated carbocycles. The highest BCUT2D eigenvalue weighted by molar-refractivity contribution is 5.99. The number of benzene rings is 2. The summed E-state index contributed by atoms with van der Waals surface area (Å²) in [6.07, 6.45) is 1.50. The summed E-state index contributed by atoms with van der Waals surface area (Å²) in [7, 11) is 1.63. The summed E-state index contributed by atoms with van der Waals surface area (Å²) in [6.45, 7) is 0. The summed E-state index contributed by atoms with van der Waals surface area (Å²) in [4.78, 5) is 12.1. The zero-order valence-corrected chi connectivity index (χ0v) is 10.9. The van der Waals surface area contributed by atoms with Gasteiger partial charge in [-0.25, -0.2) is 0 Å². The van der Waals surface area contributed by atoms with Gasteiger partial charge in [0.2, 0.25) is 0 Å². The fraction of sp³-hybridized carbons (Fsp3) is 0.235. The van der Waals surface area contributed by atoms with Gasteiger partial charge in [-0.15, -0.1) is 0 Å². The molecule has 0 bridgehead atoms. The second kappa shape index (κ2) is 4.88. The van der Waals surface area contributed by atoms with E-state index in [4.69, 9.17) is 4.74 Å². The van der Waals surface area contributed by atoms with Crippen LogP contribution in [0.1, 0.15) is 40.2 Å². The topological polar surface area (TPSA) is 26.3 Å². The maximum absolute atomic E-state index is 12.1. The minimum Gasteiger partial charge on any atom is -0.497 e. The molecule has 1 aliphatic rings. The average Bonchev–Trinajstić information content (AvgIpc) is 2.48. The van der Waals surface area contributed by atoms with Crippen molar-refractivity contribution in [2.24, 2.45) is 0 Å². The van der Waals surface area contributed by atoms with E-state index in [0.29, 0.717) is 12.3 Å². The van der Waals surface area contributed by atoms with Crippen LogP contribution in [-0.2, 0) is 0 Å². The van der Waals surface area contributed by atoms with Crippen LogP contribution in [0, 0.1) is 0 Å².